The van der Waals surface area contributed by atoms with Crippen LogP contribution in [0, 0.1) is 0 Å². The molecule has 2 heterocycles. The van der Waals surface area contributed by atoms with Crippen molar-refractivity contribution in [2.75, 3.05) is 18.4 Å². The number of carbonyl (C=O) groups excluding carboxylic acids is 2. The highest BCUT2D eigenvalue weighted by Crippen LogP contribution is 2.38. The molecule has 1 aromatic carbocycles. The standard InChI is InChI=1S/C15H18ClN3O2S.ClH/c16-9-1-2-12-11(7-9)19-15(21)13(22-12)8-14(20)18-10-3-5-17-6-4-10;/h1-2,7,10,13,17H,3-6,8H2,(H,18,20)(H,19,21);1H. The molecule has 0 aliphatic carbocycles. The Bertz CT molecular complexity index is 594. The molecule has 0 aromatic heterocycles. The van der Waals surface area contributed by atoms with Crippen LogP contribution in [0.3, 0.4) is 0 Å². The second kappa shape index (κ2) is 8.24. The van der Waals surface area contributed by atoms with Crippen molar-refractivity contribution in [1.82, 2.24) is 10.6 Å². The van der Waals surface area contributed by atoms with Crippen LogP contribution in [-0.4, -0.2) is 36.2 Å². The summed E-state index contributed by atoms with van der Waals surface area (Å²) in [5.41, 5.74) is 0.720. The molecule has 1 fully saturated rings. The number of benzene rings is 1. The average Bonchev–Trinajstić information content (AvgIpc) is 2.49. The number of fused-ring (bicyclic) bond motifs is 1. The van der Waals surface area contributed by atoms with E-state index in [-0.39, 0.29) is 36.7 Å². The van der Waals surface area contributed by atoms with Crippen LogP contribution in [0.15, 0.2) is 23.1 Å². The van der Waals surface area contributed by atoms with Gasteiger partial charge in [0.25, 0.3) is 0 Å². The van der Waals surface area contributed by atoms with Crippen molar-refractivity contribution in [1.29, 1.82) is 0 Å². The molecule has 3 rings (SSSR count). The van der Waals surface area contributed by atoms with E-state index in [0.717, 1.165) is 36.5 Å². The number of anilines is 1. The molecule has 1 atom stereocenters. The highest BCUT2D eigenvalue weighted by Gasteiger charge is 2.29. The largest absolute Gasteiger partial charge is 0.353 e. The van der Waals surface area contributed by atoms with Gasteiger partial charge < -0.3 is 16.0 Å². The smallest absolute Gasteiger partial charge is 0.238 e. The Morgan fingerprint density at radius 2 is 2.09 bits per heavy atom. The predicted molar refractivity (Wildman–Crippen MR) is 95.6 cm³/mol. The van der Waals surface area contributed by atoms with Crippen LogP contribution in [0.4, 0.5) is 5.69 Å². The molecule has 2 amide bonds. The zero-order chi connectivity index (χ0) is 15.5. The number of halogens is 2. The molecule has 1 unspecified atom stereocenters. The Hall–Kier alpha value is -0.950. The van der Waals surface area contributed by atoms with Crippen LogP contribution in [0.2, 0.25) is 5.02 Å². The molecular formula is C15H19Cl2N3O2S. The summed E-state index contributed by atoms with van der Waals surface area (Å²) < 4.78 is 0. The van der Waals surface area contributed by atoms with Gasteiger partial charge >= 0.3 is 0 Å². The van der Waals surface area contributed by atoms with Crippen molar-refractivity contribution >= 4 is 53.3 Å². The molecule has 1 saturated heterocycles. The van der Waals surface area contributed by atoms with E-state index in [2.05, 4.69) is 16.0 Å². The summed E-state index contributed by atoms with van der Waals surface area (Å²) in [6, 6.07) is 5.61. The lowest BCUT2D eigenvalue weighted by atomic mass is 10.1. The molecule has 2 aliphatic heterocycles. The van der Waals surface area contributed by atoms with Crippen molar-refractivity contribution in [3.05, 3.63) is 23.2 Å². The van der Waals surface area contributed by atoms with Crippen molar-refractivity contribution in [2.24, 2.45) is 0 Å². The monoisotopic (exact) mass is 375 g/mol. The SMILES string of the molecule is Cl.O=C(CC1Sc2ccc(Cl)cc2NC1=O)NC1CCNCC1. The van der Waals surface area contributed by atoms with Gasteiger partial charge in [0.1, 0.15) is 0 Å². The Balaban J connectivity index is 0.00000192. The number of hydrogen-bond acceptors (Lipinski definition) is 4. The molecule has 0 bridgehead atoms. The van der Waals surface area contributed by atoms with Crippen LogP contribution in [0.25, 0.3) is 0 Å². The van der Waals surface area contributed by atoms with Gasteiger partial charge in [0.2, 0.25) is 11.8 Å². The van der Waals surface area contributed by atoms with Crippen molar-refractivity contribution in [2.45, 2.75) is 35.4 Å². The molecule has 0 saturated carbocycles. The number of carbonyl (C=O) groups is 2. The van der Waals surface area contributed by atoms with E-state index in [1.165, 1.54) is 11.8 Å². The maximum absolute atomic E-state index is 12.1. The minimum Gasteiger partial charge on any atom is -0.353 e. The fourth-order valence-electron chi connectivity index (χ4n) is 2.68. The van der Waals surface area contributed by atoms with E-state index in [9.17, 15) is 9.59 Å². The van der Waals surface area contributed by atoms with Gasteiger partial charge in [-0.2, -0.15) is 0 Å². The average molecular weight is 376 g/mol. The maximum atomic E-state index is 12.1. The van der Waals surface area contributed by atoms with E-state index in [1.807, 2.05) is 6.07 Å². The molecule has 0 spiro atoms. The molecule has 126 valence electrons. The summed E-state index contributed by atoms with van der Waals surface area (Å²) in [5, 5.41) is 9.31. The minimum absolute atomic E-state index is 0. The number of nitrogens with one attached hydrogen (secondary N) is 3. The van der Waals surface area contributed by atoms with Gasteiger partial charge in [-0.15, -0.1) is 24.2 Å². The third kappa shape index (κ3) is 4.76. The first-order chi connectivity index (χ1) is 10.6. The lowest BCUT2D eigenvalue weighted by Gasteiger charge is -2.26. The Labute approximate surface area is 150 Å². The summed E-state index contributed by atoms with van der Waals surface area (Å²) >= 11 is 7.34. The van der Waals surface area contributed by atoms with E-state index >= 15 is 0 Å². The van der Waals surface area contributed by atoms with Crippen molar-refractivity contribution < 1.29 is 9.59 Å². The quantitative estimate of drug-likeness (QED) is 0.758. The highest BCUT2D eigenvalue weighted by molar-refractivity contribution is 8.01. The Morgan fingerprint density at radius 1 is 1.35 bits per heavy atom. The van der Waals surface area contributed by atoms with Crippen molar-refractivity contribution in [3.8, 4) is 0 Å². The highest BCUT2D eigenvalue weighted by atomic mass is 35.5. The second-order valence-corrected chi connectivity index (χ2v) is 7.21. The van der Waals surface area contributed by atoms with Gasteiger partial charge in [0.05, 0.1) is 10.9 Å². The first-order valence-corrected chi connectivity index (χ1v) is 8.65. The third-order valence-electron chi connectivity index (χ3n) is 3.84. The van der Waals surface area contributed by atoms with E-state index in [1.54, 1.807) is 12.1 Å². The number of hydrogen-bond donors (Lipinski definition) is 3. The first-order valence-electron chi connectivity index (χ1n) is 7.39. The molecule has 3 N–H and O–H groups in total. The summed E-state index contributed by atoms with van der Waals surface area (Å²) in [6.45, 7) is 1.86. The molecule has 1 aromatic rings. The molecule has 5 nitrogen and oxygen atoms in total. The van der Waals surface area contributed by atoms with E-state index in [4.69, 9.17) is 11.6 Å². The number of thioether (sulfide) groups is 1. The van der Waals surface area contributed by atoms with Crippen molar-refractivity contribution in [3.63, 3.8) is 0 Å². The van der Waals surface area contributed by atoms with E-state index in [0.29, 0.717) is 5.02 Å². The van der Waals surface area contributed by atoms with Crippen LogP contribution in [-0.2, 0) is 9.59 Å². The van der Waals surface area contributed by atoms with Gasteiger partial charge in [0.15, 0.2) is 0 Å². The number of rotatable bonds is 3. The predicted octanol–water partition coefficient (Wildman–Crippen LogP) is 2.43. The maximum Gasteiger partial charge on any atom is 0.238 e. The zero-order valence-corrected chi connectivity index (χ0v) is 14.8. The fraction of sp³-hybridized carbons (Fsp3) is 0.467. The second-order valence-electron chi connectivity index (χ2n) is 5.53. The normalized spacial score (nSPS) is 20.9. The summed E-state index contributed by atoms with van der Waals surface area (Å²) in [7, 11) is 0. The minimum atomic E-state index is -0.393. The van der Waals surface area contributed by atoms with Gasteiger partial charge in [-0.3, -0.25) is 9.59 Å². The lowest BCUT2D eigenvalue weighted by Crippen LogP contribution is -2.44. The Morgan fingerprint density at radius 3 is 2.83 bits per heavy atom. The van der Waals surface area contributed by atoms with Crippen LogP contribution in [0.5, 0.6) is 0 Å². The summed E-state index contributed by atoms with van der Waals surface area (Å²) in [4.78, 5) is 25.2. The molecule has 2 aliphatic rings. The third-order valence-corrected chi connectivity index (χ3v) is 5.35. The summed E-state index contributed by atoms with van der Waals surface area (Å²) in [5.74, 6) is -0.197. The molecular weight excluding hydrogens is 357 g/mol. The van der Waals surface area contributed by atoms with Crippen LogP contribution < -0.4 is 16.0 Å². The Kier molecular flexibility index (Phi) is 6.59. The molecule has 0 radical (unpaired) electrons. The van der Waals surface area contributed by atoms with Gasteiger partial charge in [-0.1, -0.05) is 11.6 Å². The first kappa shape index (κ1) is 18.4. The number of piperidine rings is 1. The van der Waals surface area contributed by atoms with Crippen LogP contribution in [0.1, 0.15) is 19.3 Å². The van der Waals surface area contributed by atoms with Crippen LogP contribution >= 0.6 is 35.8 Å². The van der Waals surface area contributed by atoms with Gasteiger partial charge in [-0.25, -0.2) is 0 Å². The zero-order valence-electron chi connectivity index (χ0n) is 12.4. The topological polar surface area (TPSA) is 70.2 Å². The summed E-state index contributed by atoms with van der Waals surface area (Å²) in [6.07, 6.45) is 2.08. The van der Waals surface area contributed by atoms with E-state index < -0.39 is 5.25 Å². The van der Waals surface area contributed by atoms with Gasteiger partial charge in [0, 0.05) is 22.4 Å². The number of amides is 2. The lowest BCUT2D eigenvalue weighted by molar-refractivity contribution is -0.124. The van der Waals surface area contributed by atoms with Gasteiger partial charge in [-0.05, 0) is 44.1 Å². The molecule has 8 heteroatoms. The fourth-order valence-corrected chi connectivity index (χ4v) is 3.94. The molecule has 23 heavy (non-hydrogen) atoms.